The summed E-state index contributed by atoms with van der Waals surface area (Å²) in [7, 11) is 1.59. The zero-order valence-corrected chi connectivity index (χ0v) is 15.0. The highest BCUT2D eigenvalue weighted by Crippen LogP contribution is 2.21. The van der Waals surface area contributed by atoms with E-state index in [9.17, 15) is 4.79 Å². The first kappa shape index (κ1) is 16.8. The molecule has 0 spiro atoms. The second kappa shape index (κ2) is 7.60. The Morgan fingerprint density at radius 1 is 1.18 bits per heavy atom. The predicted octanol–water partition coefficient (Wildman–Crippen LogP) is 4.11. The molecule has 0 fully saturated rings. The average Bonchev–Trinajstić information content (AvgIpc) is 2.52. The van der Waals surface area contributed by atoms with Gasteiger partial charge in [-0.3, -0.25) is 4.79 Å². The van der Waals surface area contributed by atoms with Crippen molar-refractivity contribution in [3.63, 3.8) is 0 Å². The summed E-state index contributed by atoms with van der Waals surface area (Å²) in [6, 6.07) is 12.5. The van der Waals surface area contributed by atoms with Crippen LogP contribution in [0.4, 0.5) is 0 Å². The van der Waals surface area contributed by atoms with Gasteiger partial charge in [-0.15, -0.1) is 0 Å². The summed E-state index contributed by atoms with van der Waals surface area (Å²) < 4.78 is 6.03. The highest BCUT2D eigenvalue weighted by atomic mass is 127. The molecule has 0 aromatic heterocycles. The molecule has 2 aromatic carbocycles. The lowest BCUT2D eigenvalue weighted by molar-refractivity contribution is 0.0954. The SMILES string of the molecule is COc1ccc(C(=O)N/N=C(/C)c2ccc(Cl)cc2)cc1I. The Balaban J connectivity index is 2.10. The van der Waals surface area contributed by atoms with Crippen LogP contribution >= 0.6 is 34.2 Å². The summed E-state index contributed by atoms with van der Waals surface area (Å²) in [4.78, 5) is 12.1. The number of nitrogens with zero attached hydrogens (tertiary/aromatic N) is 1. The van der Waals surface area contributed by atoms with Crippen LogP contribution in [0.1, 0.15) is 22.8 Å². The largest absolute Gasteiger partial charge is 0.496 e. The van der Waals surface area contributed by atoms with Crippen molar-refractivity contribution >= 4 is 45.8 Å². The van der Waals surface area contributed by atoms with Gasteiger partial charge in [0.2, 0.25) is 0 Å². The van der Waals surface area contributed by atoms with E-state index < -0.39 is 0 Å². The molecule has 114 valence electrons. The van der Waals surface area contributed by atoms with Gasteiger partial charge in [0.1, 0.15) is 5.75 Å². The number of amides is 1. The minimum absolute atomic E-state index is 0.270. The van der Waals surface area contributed by atoms with Crippen LogP contribution in [0.15, 0.2) is 47.6 Å². The molecule has 0 aliphatic heterocycles. The molecule has 0 radical (unpaired) electrons. The van der Waals surface area contributed by atoms with Gasteiger partial charge in [0.05, 0.1) is 16.4 Å². The first-order valence-electron chi connectivity index (χ1n) is 6.45. The number of hydrogen-bond acceptors (Lipinski definition) is 3. The van der Waals surface area contributed by atoms with Gasteiger partial charge < -0.3 is 4.74 Å². The van der Waals surface area contributed by atoms with Crippen molar-refractivity contribution in [1.82, 2.24) is 5.43 Å². The predicted molar refractivity (Wildman–Crippen MR) is 96.8 cm³/mol. The lowest BCUT2D eigenvalue weighted by Crippen LogP contribution is -2.19. The van der Waals surface area contributed by atoms with Crippen molar-refractivity contribution in [2.45, 2.75) is 6.92 Å². The van der Waals surface area contributed by atoms with E-state index in [-0.39, 0.29) is 5.91 Å². The lowest BCUT2D eigenvalue weighted by Gasteiger charge is -2.06. The Morgan fingerprint density at radius 2 is 1.82 bits per heavy atom. The van der Waals surface area contributed by atoms with Gasteiger partial charge in [-0.2, -0.15) is 5.10 Å². The molecule has 0 atom stereocenters. The fraction of sp³-hybridized carbons (Fsp3) is 0.125. The van der Waals surface area contributed by atoms with Crippen LogP contribution in [0.2, 0.25) is 5.02 Å². The molecular weight excluding hydrogens is 415 g/mol. The number of hydrazone groups is 1. The zero-order chi connectivity index (χ0) is 16.1. The number of methoxy groups -OCH3 is 1. The normalized spacial score (nSPS) is 11.2. The number of hydrogen-bond donors (Lipinski definition) is 1. The monoisotopic (exact) mass is 428 g/mol. The summed E-state index contributed by atoms with van der Waals surface area (Å²) >= 11 is 7.96. The van der Waals surface area contributed by atoms with Crippen LogP contribution in [0.3, 0.4) is 0 Å². The highest BCUT2D eigenvalue weighted by Gasteiger charge is 2.08. The molecule has 0 saturated carbocycles. The molecule has 0 aliphatic rings. The number of rotatable bonds is 4. The smallest absolute Gasteiger partial charge is 0.271 e. The fourth-order valence-corrected chi connectivity index (χ4v) is 2.62. The van der Waals surface area contributed by atoms with Crippen LogP contribution in [0.25, 0.3) is 0 Å². The van der Waals surface area contributed by atoms with E-state index in [4.69, 9.17) is 16.3 Å². The maximum atomic E-state index is 12.1. The molecule has 22 heavy (non-hydrogen) atoms. The van der Waals surface area contributed by atoms with Gasteiger partial charge in [-0.1, -0.05) is 23.7 Å². The molecule has 0 aliphatic carbocycles. The minimum atomic E-state index is -0.270. The fourth-order valence-electron chi connectivity index (χ4n) is 1.76. The van der Waals surface area contributed by atoms with Gasteiger partial charge in [0.25, 0.3) is 5.91 Å². The van der Waals surface area contributed by atoms with Crippen molar-refractivity contribution in [2.24, 2.45) is 5.10 Å². The Labute approximate surface area is 147 Å². The van der Waals surface area contributed by atoms with E-state index in [2.05, 4.69) is 33.1 Å². The van der Waals surface area contributed by atoms with Gasteiger partial charge in [-0.25, -0.2) is 5.43 Å². The van der Waals surface area contributed by atoms with Crippen molar-refractivity contribution in [3.05, 3.63) is 62.2 Å². The number of carbonyl (C=O) groups excluding carboxylic acids is 1. The minimum Gasteiger partial charge on any atom is -0.496 e. The van der Waals surface area contributed by atoms with Crippen molar-refractivity contribution in [2.75, 3.05) is 7.11 Å². The highest BCUT2D eigenvalue weighted by molar-refractivity contribution is 14.1. The summed E-state index contributed by atoms with van der Waals surface area (Å²) in [5, 5.41) is 4.77. The number of ether oxygens (including phenoxy) is 1. The molecule has 0 heterocycles. The average molecular weight is 429 g/mol. The standard InChI is InChI=1S/C16H14ClIN2O2/c1-10(11-3-6-13(17)7-4-11)19-20-16(21)12-5-8-15(22-2)14(18)9-12/h3-9H,1-2H3,(H,20,21)/b19-10-. The number of carbonyl (C=O) groups is 1. The molecule has 4 nitrogen and oxygen atoms in total. The van der Waals surface area contributed by atoms with E-state index in [0.29, 0.717) is 16.3 Å². The van der Waals surface area contributed by atoms with Crippen LogP contribution < -0.4 is 10.2 Å². The number of halogens is 2. The molecule has 2 aromatic rings. The van der Waals surface area contributed by atoms with Crippen LogP contribution in [-0.2, 0) is 0 Å². The van der Waals surface area contributed by atoms with E-state index >= 15 is 0 Å². The molecule has 1 N–H and O–H groups in total. The molecule has 2 rings (SSSR count). The molecule has 1 amide bonds. The third-order valence-corrected chi connectivity index (χ3v) is 4.10. The second-order valence-electron chi connectivity index (χ2n) is 4.49. The first-order chi connectivity index (χ1) is 10.5. The number of nitrogens with one attached hydrogen (secondary N) is 1. The van der Waals surface area contributed by atoms with Crippen LogP contribution in [0.5, 0.6) is 5.75 Å². The maximum Gasteiger partial charge on any atom is 0.271 e. The second-order valence-corrected chi connectivity index (χ2v) is 6.09. The molecule has 0 bridgehead atoms. The van der Waals surface area contributed by atoms with Crippen molar-refractivity contribution in [3.8, 4) is 5.75 Å². The van der Waals surface area contributed by atoms with Gasteiger partial charge in [-0.05, 0) is 65.4 Å². The van der Waals surface area contributed by atoms with E-state index in [0.717, 1.165) is 14.9 Å². The molecule has 0 unspecified atom stereocenters. The summed E-state index contributed by atoms with van der Waals surface area (Å²) in [5.41, 5.74) is 4.67. The maximum absolute atomic E-state index is 12.1. The quantitative estimate of drug-likeness (QED) is 0.453. The van der Waals surface area contributed by atoms with Crippen molar-refractivity contribution < 1.29 is 9.53 Å². The molecule has 6 heteroatoms. The van der Waals surface area contributed by atoms with Crippen LogP contribution in [0, 0.1) is 3.57 Å². The molecular formula is C16H14ClIN2O2. The number of benzene rings is 2. The first-order valence-corrected chi connectivity index (χ1v) is 7.91. The third kappa shape index (κ3) is 4.20. The summed E-state index contributed by atoms with van der Waals surface area (Å²) in [6.45, 7) is 1.82. The third-order valence-electron chi connectivity index (χ3n) is 3.00. The Morgan fingerprint density at radius 3 is 2.41 bits per heavy atom. The lowest BCUT2D eigenvalue weighted by atomic mass is 10.1. The van der Waals surface area contributed by atoms with Gasteiger partial charge in [0, 0.05) is 10.6 Å². The topological polar surface area (TPSA) is 50.7 Å². The van der Waals surface area contributed by atoms with E-state index in [1.807, 2.05) is 19.1 Å². The Kier molecular flexibility index (Phi) is 5.79. The van der Waals surface area contributed by atoms with E-state index in [1.165, 1.54) is 0 Å². The van der Waals surface area contributed by atoms with Crippen molar-refractivity contribution in [1.29, 1.82) is 0 Å². The Hall–Kier alpha value is -1.60. The summed E-state index contributed by atoms with van der Waals surface area (Å²) in [6.07, 6.45) is 0. The van der Waals surface area contributed by atoms with Gasteiger partial charge in [0.15, 0.2) is 0 Å². The summed E-state index contributed by atoms with van der Waals surface area (Å²) in [5.74, 6) is 0.465. The Bertz CT molecular complexity index is 715. The van der Waals surface area contributed by atoms with E-state index in [1.54, 1.807) is 37.4 Å². The molecule has 0 saturated heterocycles. The van der Waals surface area contributed by atoms with Gasteiger partial charge >= 0.3 is 0 Å². The van der Waals surface area contributed by atoms with Crippen LogP contribution in [-0.4, -0.2) is 18.7 Å². The zero-order valence-electron chi connectivity index (χ0n) is 12.1.